The molecule has 0 radical (unpaired) electrons. The van der Waals surface area contributed by atoms with Crippen LogP contribution in [0.5, 0.6) is 0 Å². The smallest absolute Gasteiger partial charge is 0.120 e. The molecule has 4 nitrogen and oxygen atoms in total. The second kappa shape index (κ2) is 6.95. The molecule has 4 heteroatoms. The molecule has 0 atom stereocenters. The van der Waals surface area contributed by atoms with Crippen molar-refractivity contribution in [2.75, 3.05) is 0 Å². The van der Waals surface area contributed by atoms with Crippen molar-refractivity contribution in [1.82, 2.24) is 14.6 Å². The van der Waals surface area contributed by atoms with Crippen LogP contribution in [0.2, 0.25) is 0 Å². The summed E-state index contributed by atoms with van der Waals surface area (Å²) in [6.07, 6.45) is 7.46. The van der Waals surface area contributed by atoms with Crippen LogP contribution in [0.25, 0.3) is 27.8 Å². The Morgan fingerprint density at radius 3 is 2.36 bits per heavy atom. The van der Waals surface area contributed by atoms with Gasteiger partial charge in [0.2, 0.25) is 0 Å². The highest BCUT2D eigenvalue weighted by Gasteiger charge is 2.12. The molecule has 0 fully saturated rings. The molecule has 0 aliphatic heterocycles. The molecule has 0 aliphatic rings. The fourth-order valence-corrected chi connectivity index (χ4v) is 3.17. The largest absolute Gasteiger partial charge is 0.378 e. The normalized spacial score (nSPS) is 11.3. The van der Waals surface area contributed by atoms with E-state index >= 15 is 0 Å². The number of aliphatic hydroxyl groups is 1. The average Bonchev–Trinajstić information content (AvgIpc) is 3.11. The summed E-state index contributed by atoms with van der Waals surface area (Å²) in [5.41, 5.74) is 6.26. The molecule has 0 spiro atoms. The number of benzene rings is 1. The Hall–Kier alpha value is -3.42. The summed E-state index contributed by atoms with van der Waals surface area (Å²) in [5, 5.41) is 14.4. The predicted molar refractivity (Wildman–Crippen MR) is 112 cm³/mol. The zero-order valence-electron chi connectivity index (χ0n) is 16.1. The summed E-state index contributed by atoms with van der Waals surface area (Å²) in [6, 6.07) is 14.3. The highest BCUT2D eigenvalue weighted by molar-refractivity contribution is 5.85. The minimum atomic E-state index is -1.05. The van der Waals surface area contributed by atoms with E-state index in [9.17, 15) is 5.11 Å². The van der Waals surface area contributed by atoms with E-state index in [-0.39, 0.29) is 0 Å². The minimum Gasteiger partial charge on any atom is -0.378 e. The van der Waals surface area contributed by atoms with Crippen molar-refractivity contribution < 1.29 is 5.11 Å². The Kier molecular flexibility index (Phi) is 4.46. The number of aromatic nitrogens is 3. The Morgan fingerprint density at radius 1 is 0.964 bits per heavy atom. The van der Waals surface area contributed by atoms with Crippen molar-refractivity contribution >= 4 is 5.52 Å². The summed E-state index contributed by atoms with van der Waals surface area (Å²) in [4.78, 5) is 4.24. The Labute approximate surface area is 164 Å². The molecule has 0 saturated heterocycles. The first-order chi connectivity index (χ1) is 13.4. The summed E-state index contributed by atoms with van der Waals surface area (Å²) in [7, 11) is 0. The van der Waals surface area contributed by atoms with Gasteiger partial charge in [-0.1, -0.05) is 36.1 Å². The van der Waals surface area contributed by atoms with Gasteiger partial charge in [-0.05, 0) is 55.7 Å². The van der Waals surface area contributed by atoms with Crippen LogP contribution >= 0.6 is 0 Å². The summed E-state index contributed by atoms with van der Waals surface area (Å²) >= 11 is 0. The highest BCUT2D eigenvalue weighted by Crippen LogP contribution is 2.30. The molecule has 3 heterocycles. The van der Waals surface area contributed by atoms with E-state index in [0.717, 1.165) is 33.3 Å². The van der Waals surface area contributed by atoms with E-state index < -0.39 is 5.60 Å². The Bertz CT molecular complexity index is 1200. The zero-order chi connectivity index (χ0) is 19.7. The lowest BCUT2D eigenvalue weighted by molar-refractivity contribution is 0.143. The van der Waals surface area contributed by atoms with Crippen LogP contribution in [0.15, 0.2) is 67.3 Å². The van der Waals surface area contributed by atoms with Crippen molar-refractivity contribution in [2.24, 2.45) is 0 Å². The second-order valence-corrected chi connectivity index (χ2v) is 7.35. The van der Waals surface area contributed by atoms with Crippen LogP contribution in [0.4, 0.5) is 0 Å². The fraction of sp³-hybridized carbons (Fsp3) is 0.167. The molecule has 0 unspecified atom stereocenters. The SMILES string of the molecule is Cc1ccncc1-c1ccc(-c2cnn3cccc(C#CC(C)(C)O)c23)cc1. The van der Waals surface area contributed by atoms with Crippen LogP contribution in [-0.2, 0) is 0 Å². The third-order valence-electron chi connectivity index (χ3n) is 4.59. The molecule has 0 saturated carbocycles. The first-order valence-corrected chi connectivity index (χ1v) is 9.16. The Morgan fingerprint density at radius 2 is 1.68 bits per heavy atom. The molecule has 1 N–H and O–H groups in total. The van der Waals surface area contributed by atoms with Gasteiger partial charge in [-0.25, -0.2) is 4.52 Å². The number of fused-ring (bicyclic) bond motifs is 1. The number of hydrogen-bond donors (Lipinski definition) is 1. The molecule has 4 aromatic rings. The molecular formula is C24H21N3O. The lowest BCUT2D eigenvalue weighted by Gasteiger charge is -2.08. The average molecular weight is 367 g/mol. The fourth-order valence-electron chi connectivity index (χ4n) is 3.17. The van der Waals surface area contributed by atoms with Crippen LogP contribution in [0.1, 0.15) is 25.0 Å². The highest BCUT2D eigenvalue weighted by atomic mass is 16.3. The number of nitrogens with zero attached hydrogens (tertiary/aromatic N) is 3. The van der Waals surface area contributed by atoms with Gasteiger partial charge in [0.15, 0.2) is 0 Å². The van der Waals surface area contributed by atoms with Crippen molar-refractivity contribution in [3.63, 3.8) is 0 Å². The van der Waals surface area contributed by atoms with E-state index in [4.69, 9.17) is 0 Å². The van der Waals surface area contributed by atoms with Gasteiger partial charge in [-0.3, -0.25) is 4.98 Å². The van der Waals surface area contributed by atoms with Gasteiger partial charge >= 0.3 is 0 Å². The molecule has 1 aromatic carbocycles. The molecule has 3 aromatic heterocycles. The lowest BCUT2D eigenvalue weighted by atomic mass is 9.99. The van der Waals surface area contributed by atoms with Gasteiger partial charge in [0.05, 0.1) is 17.3 Å². The summed E-state index contributed by atoms with van der Waals surface area (Å²) in [6.45, 7) is 5.44. The number of rotatable bonds is 2. The van der Waals surface area contributed by atoms with Crippen LogP contribution in [0.3, 0.4) is 0 Å². The lowest BCUT2D eigenvalue weighted by Crippen LogP contribution is -2.14. The Balaban J connectivity index is 1.79. The van der Waals surface area contributed by atoms with Gasteiger partial charge in [0.1, 0.15) is 5.60 Å². The van der Waals surface area contributed by atoms with Gasteiger partial charge in [-0.2, -0.15) is 5.10 Å². The standard InChI is InChI=1S/C24H21N3O/c1-17-11-13-25-15-21(17)18-6-8-19(9-7-18)22-16-26-27-14-4-5-20(23(22)27)10-12-24(2,3)28/h4-9,11,13-16,28H,1-3H3. The van der Waals surface area contributed by atoms with Crippen molar-refractivity contribution in [2.45, 2.75) is 26.4 Å². The van der Waals surface area contributed by atoms with Crippen molar-refractivity contribution in [1.29, 1.82) is 0 Å². The molecule has 28 heavy (non-hydrogen) atoms. The first-order valence-electron chi connectivity index (χ1n) is 9.16. The van der Waals surface area contributed by atoms with Crippen LogP contribution in [0, 0.1) is 18.8 Å². The third-order valence-corrected chi connectivity index (χ3v) is 4.59. The summed E-state index contributed by atoms with van der Waals surface area (Å²) in [5.74, 6) is 5.99. The van der Waals surface area contributed by atoms with E-state index in [0.29, 0.717) is 0 Å². The van der Waals surface area contributed by atoms with Gasteiger partial charge in [0, 0.05) is 29.7 Å². The number of pyridine rings is 2. The molecule has 0 bridgehead atoms. The molecule has 138 valence electrons. The zero-order valence-corrected chi connectivity index (χ0v) is 16.1. The maximum atomic E-state index is 9.95. The predicted octanol–water partition coefficient (Wildman–Crippen LogP) is 4.49. The van der Waals surface area contributed by atoms with Crippen LogP contribution in [-0.4, -0.2) is 25.3 Å². The molecule has 4 rings (SSSR count). The van der Waals surface area contributed by atoms with E-state index in [1.54, 1.807) is 13.8 Å². The second-order valence-electron chi connectivity index (χ2n) is 7.35. The molecular weight excluding hydrogens is 346 g/mol. The molecule has 0 aliphatic carbocycles. The van der Waals surface area contributed by atoms with E-state index in [2.05, 4.69) is 53.1 Å². The molecule has 0 amide bonds. The maximum Gasteiger partial charge on any atom is 0.120 e. The summed E-state index contributed by atoms with van der Waals surface area (Å²) < 4.78 is 1.82. The van der Waals surface area contributed by atoms with E-state index in [1.165, 1.54) is 5.56 Å². The van der Waals surface area contributed by atoms with Crippen LogP contribution < -0.4 is 0 Å². The number of hydrogen-bond acceptors (Lipinski definition) is 3. The van der Waals surface area contributed by atoms with Gasteiger partial charge in [-0.15, -0.1) is 0 Å². The van der Waals surface area contributed by atoms with Gasteiger partial charge in [0.25, 0.3) is 0 Å². The van der Waals surface area contributed by atoms with Crippen molar-refractivity contribution in [3.05, 3.63) is 78.4 Å². The topological polar surface area (TPSA) is 50.4 Å². The van der Waals surface area contributed by atoms with Crippen molar-refractivity contribution in [3.8, 4) is 34.1 Å². The number of aryl methyl sites for hydroxylation is 1. The van der Waals surface area contributed by atoms with Gasteiger partial charge < -0.3 is 5.11 Å². The third kappa shape index (κ3) is 3.53. The maximum absolute atomic E-state index is 9.95. The quantitative estimate of drug-likeness (QED) is 0.531. The minimum absolute atomic E-state index is 0.837. The monoisotopic (exact) mass is 367 g/mol. The van der Waals surface area contributed by atoms with E-state index in [1.807, 2.05) is 47.5 Å². The first kappa shape index (κ1) is 18.0.